The Morgan fingerprint density at radius 1 is 1.26 bits per heavy atom. The van der Waals surface area contributed by atoms with Gasteiger partial charge in [0.2, 0.25) is 0 Å². The first-order valence-corrected chi connectivity index (χ1v) is 9.50. The minimum absolute atomic E-state index is 0.0167. The summed E-state index contributed by atoms with van der Waals surface area (Å²) >= 11 is 5.19. The van der Waals surface area contributed by atoms with Crippen LogP contribution in [0.2, 0.25) is 0 Å². The molecule has 0 aromatic heterocycles. The molecule has 1 aliphatic heterocycles. The molecule has 150 valence electrons. The van der Waals surface area contributed by atoms with Gasteiger partial charge >= 0.3 is 0 Å². The van der Waals surface area contributed by atoms with Crippen molar-refractivity contribution in [2.45, 2.75) is 20.0 Å². The van der Waals surface area contributed by atoms with E-state index in [2.05, 4.69) is 16.2 Å². The molecule has 1 aromatic rings. The molecule has 0 spiro atoms. The molecule has 0 bridgehead atoms. The van der Waals surface area contributed by atoms with E-state index in [4.69, 9.17) is 26.4 Å². The van der Waals surface area contributed by atoms with Gasteiger partial charge in [0.25, 0.3) is 5.91 Å². The zero-order valence-corrected chi connectivity index (χ0v) is 16.9. The number of thiocarbonyl (C=S) groups is 1. The minimum atomic E-state index is -0.313. The van der Waals surface area contributed by atoms with Crippen molar-refractivity contribution in [2.75, 3.05) is 46.5 Å². The lowest BCUT2D eigenvalue weighted by atomic mass is 10.2. The average Bonchev–Trinajstić information content (AvgIpc) is 2.66. The van der Waals surface area contributed by atoms with Gasteiger partial charge in [-0.1, -0.05) is 0 Å². The molecule has 0 radical (unpaired) electrons. The van der Waals surface area contributed by atoms with Crippen LogP contribution >= 0.6 is 12.2 Å². The van der Waals surface area contributed by atoms with E-state index >= 15 is 0 Å². The highest BCUT2D eigenvalue weighted by Gasteiger charge is 2.14. The summed E-state index contributed by atoms with van der Waals surface area (Å²) in [4.78, 5) is 13.8. The lowest BCUT2D eigenvalue weighted by Crippen LogP contribution is -3.14. The normalized spacial score (nSPS) is 14.5. The van der Waals surface area contributed by atoms with Gasteiger partial charge in [0.15, 0.2) is 16.6 Å². The Bertz CT molecular complexity index is 636. The number of amides is 1. The number of ether oxygens (including phenoxy) is 3. The number of carbonyl (C=O) groups is 1. The second-order valence-electron chi connectivity index (χ2n) is 6.48. The van der Waals surface area contributed by atoms with Crippen LogP contribution in [0.1, 0.15) is 24.2 Å². The van der Waals surface area contributed by atoms with Crippen LogP contribution in [0.4, 0.5) is 0 Å². The summed E-state index contributed by atoms with van der Waals surface area (Å²) in [6.07, 6.45) is 0.0167. The van der Waals surface area contributed by atoms with Crippen LogP contribution in [0, 0.1) is 0 Å². The maximum absolute atomic E-state index is 12.3. The van der Waals surface area contributed by atoms with Crippen LogP contribution in [0.15, 0.2) is 18.2 Å². The molecule has 0 aliphatic carbocycles. The fourth-order valence-electron chi connectivity index (χ4n) is 2.65. The summed E-state index contributed by atoms with van der Waals surface area (Å²) in [5.74, 6) is 0.790. The first kappa shape index (κ1) is 21.2. The molecule has 1 aromatic carbocycles. The number of hydrogen-bond acceptors (Lipinski definition) is 5. The maximum atomic E-state index is 12.3. The maximum Gasteiger partial charge on any atom is 0.269 e. The SMILES string of the molecule is COc1cc(C(=O)NNC(=S)NCC[NH+]2CCOCC2)ccc1OC(C)C. The minimum Gasteiger partial charge on any atom is -0.493 e. The molecule has 2 rings (SSSR count). The van der Waals surface area contributed by atoms with Gasteiger partial charge in [-0.3, -0.25) is 15.6 Å². The van der Waals surface area contributed by atoms with Gasteiger partial charge in [-0.25, -0.2) is 0 Å². The predicted molar refractivity (Wildman–Crippen MR) is 106 cm³/mol. The Morgan fingerprint density at radius 2 is 2.00 bits per heavy atom. The molecular formula is C18H29N4O4S+. The topological polar surface area (TPSA) is 85.3 Å². The zero-order chi connectivity index (χ0) is 19.6. The van der Waals surface area contributed by atoms with Gasteiger partial charge in [-0.2, -0.15) is 0 Å². The van der Waals surface area contributed by atoms with Gasteiger partial charge in [-0.05, 0) is 44.3 Å². The van der Waals surface area contributed by atoms with Crippen LogP contribution in [0.3, 0.4) is 0 Å². The first-order valence-electron chi connectivity index (χ1n) is 9.09. The lowest BCUT2D eigenvalue weighted by Gasteiger charge is -2.24. The van der Waals surface area contributed by atoms with Gasteiger partial charge < -0.3 is 24.4 Å². The Kier molecular flexibility index (Phi) is 8.56. The molecule has 1 aliphatic rings. The third-order valence-corrected chi connectivity index (χ3v) is 4.29. The standard InChI is InChI=1S/C18H28N4O4S/c1-13(2)26-15-5-4-14(12-16(15)24-3)17(23)20-21-18(27)19-6-7-22-8-10-25-11-9-22/h4-5,12-13H,6-11H2,1-3H3,(H,20,23)(H2,19,21,27)/p+1. The average molecular weight is 398 g/mol. The van der Waals surface area contributed by atoms with Crippen molar-refractivity contribution < 1.29 is 23.9 Å². The molecule has 27 heavy (non-hydrogen) atoms. The monoisotopic (exact) mass is 397 g/mol. The van der Waals surface area contributed by atoms with Crippen molar-refractivity contribution in [3.8, 4) is 11.5 Å². The molecule has 0 saturated carbocycles. The van der Waals surface area contributed by atoms with Crippen molar-refractivity contribution in [3.63, 3.8) is 0 Å². The quantitative estimate of drug-likeness (QED) is 0.365. The summed E-state index contributed by atoms with van der Waals surface area (Å²) < 4.78 is 16.3. The second kappa shape index (κ2) is 10.9. The Morgan fingerprint density at radius 3 is 2.67 bits per heavy atom. The fraction of sp³-hybridized carbons (Fsp3) is 0.556. The van der Waals surface area contributed by atoms with E-state index in [1.807, 2.05) is 13.8 Å². The van der Waals surface area contributed by atoms with Gasteiger partial charge in [0.1, 0.15) is 13.1 Å². The van der Waals surface area contributed by atoms with E-state index < -0.39 is 0 Å². The number of morpholine rings is 1. The molecule has 1 fully saturated rings. The predicted octanol–water partition coefficient (Wildman–Crippen LogP) is -0.494. The van der Waals surface area contributed by atoms with E-state index in [0.717, 1.165) is 39.4 Å². The summed E-state index contributed by atoms with van der Waals surface area (Å²) in [5, 5.41) is 3.47. The number of hydrogen-bond donors (Lipinski definition) is 4. The molecule has 1 saturated heterocycles. The van der Waals surface area contributed by atoms with Crippen molar-refractivity contribution in [1.29, 1.82) is 0 Å². The van der Waals surface area contributed by atoms with Gasteiger partial charge in [-0.15, -0.1) is 0 Å². The third-order valence-electron chi connectivity index (χ3n) is 4.04. The van der Waals surface area contributed by atoms with Crippen LogP contribution in [-0.2, 0) is 4.74 Å². The van der Waals surface area contributed by atoms with Gasteiger partial charge in [0, 0.05) is 5.56 Å². The molecular weight excluding hydrogens is 368 g/mol. The highest BCUT2D eigenvalue weighted by atomic mass is 32.1. The second-order valence-corrected chi connectivity index (χ2v) is 6.89. The number of nitrogens with one attached hydrogen (secondary N) is 4. The first-order chi connectivity index (χ1) is 13.0. The molecule has 0 unspecified atom stereocenters. The summed E-state index contributed by atoms with van der Waals surface area (Å²) in [5.41, 5.74) is 5.74. The van der Waals surface area contributed by atoms with Crippen molar-refractivity contribution in [2.24, 2.45) is 0 Å². The van der Waals surface area contributed by atoms with E-state index in [1.54, 1.807) is 18.2 Å². The van der Waals surface area contributed by atoms with Crippen LogP contribution in [0.25, 0.3) is 0 Å². The van der Waals surface area contributed by atoms with E-state index in [0.29, 0.717) is 22.2 Å². The molecule has 4 N–H and O–H groups in total. The van der Waals surface area contributed by atoms with Crippen molar-refractivity contribution in [1.82, 2.24) is 16.2 Å². The number of hydrazine groups is 1. The van der Waals surface area contributed by atoms with Crippen LogP contribution < -0.4 is 30.5 Å². The smallest absolute Gasteiger partial charge is 0.269 e. The largest absolute Gasteiger partial charge is 0.493 e. The molecule has 0 atom stereocenters. The van der Waals surface area contributed by atoms with E-state index in [1.165, 1.54) is 12.0 Å². The summed E-state index contributed by atoms with van der Waals surface area (Å²) in [6, 6.07) is 5.03. The number of methoxy groups -OCH3 is 1. The van der Waals surface area contributed by atoms with Crippen molar-refractivity contribution in [3.05, 3.63) is 23.8 Å². The highest BCUT2D eigenvalue weighted by Crippen LogP contribution is 2.28. The van der Waals surface area contributed by atoms with E-state index in [-0.39, 0.29) is 12.0 Å². The Labute approximate surface area is 165 Å². The zero-order valence-electron chi connectivity index (χ0n) is 16.1. The van der Waals surface area contributed by atoms with Crippen molar-refractivity contribution >= 4 is 23.2 Å². The summed E-state index contributed by atoms with van der Waals surface area (Å²) in [7, 11) is 1.54. The Balaban J connectivity index is 1.76. The number of carbonyl (C=O) groups excluding carboxylic acids is 1. The van der Waals surface area contributed by atoms with Crippen LogP contribution in [-0.4, -0.2) is 63.6 Å². The van der Waals surface area contributed by atoms with Gasteiger partial charge in [0.05, 0.1) is 39.5 Å². The van der Waals surface area contributed by atoms with Crippen LogP contribution in [0.5, 0.6) is 11.5 Å². The molecule has 1 amide bonds. The third kappa shape index (κ3) is 7.20. The molecule has 9 heteroatoms. The Hall–Kier alpha value is -2.10. The highest BCUT2D eigenvalue weighted by molar-refractivity contribution is 7.80. The number of rotatable bonds is 7. The van der Waals surface area contributed by atoms with E-state index in [9.17, 15) is 4.79 Å². The number of benzene rings is 1. The molecule has 8 nitrogen and oxygen atoms in total. The molecule has 1 heterocycles. The number of quaternary nitrogens is 1. The summed E-state index contributed by atoms with van der Waals surface area (Å²) in [6.45, 7) is 9.17. The lowest BCUT2D eigenvalue weighted by molar-refractivity contribution is -0.906. The fourth-order valence-corrected chi connectivity index (χ4v) is 2.81.